The largest absolute Gasteiger partial charge is 0.352 e. The fourth-order valence-electron chi connectivity index (χ4n) is 2.79. The first-order chi connectivity index (χ1) is 11.7. The van der Waals surface area contributed by atoms with Crippen molar-refractivity contribution in [3.63, 3.8) is 0 Å². The molecular formula is C17H23FN2O4S. The monoisotopic (exact) mass is 370 g/mol. The van der Waals surface area contributed by atoms with Gasteiger partial charge in [-0.15, -0.1) is 0 Å². The van der Waals surface area contributed by atoms with Crippen LogP contribution in [0, 0.1) is 5.82 Å². The van der Waals surface area contributed by atoms with Gasteiger partial charge in [0.15, 0.2) is 9.84 Å². The first-order valence-electron chi connectivity index (χ1n) is 8.25. The Balaban J connectivity index is 1.78. The summed E-state index contributed by atoms with van der Waals surface area (Å²) in [4.78, 5) is 25.2. The summed E-state index contributed by atoms with van der Waals surface area (Å²) >= 11 is 0. The summed E-state index contributed by atoms with van der Waals surface area (Å²) in [6, 6.07) is 5.75. The highest BCUT2D eigenvalue weighted by Crippen LogP contribution is 2.11. The molecule has 1 N–H and O–H groups in total. The zero-order valence-corrected chi connectivity index (χ0v) is 15.0. The third-order valence-electron chi connectivity index (χ3n) is 4.24. The van der Waals surface area contributed by atoms with Crippen LogP contribution in [-0.2, 0) is 25.8 Å². The Kier molecular flexibility index (Phi) is 6.52. The second kappa shape index (κ2) is 8.42. The van der Waals surface area contributed by atoms with Crippen LogP contribution in [0.2, 0.25) is 0 Å². The van der Waals surface area contributed by atoms with Gasteiger partial charge in [0, 0.05) is 32.5 Å². The molecule has 2 rings (SSSR count). The predicted octanol–water partition coefficient (Wildman–Crippen LogP) is 0.910. The lowest BCUT2D eigenvalue weighted by Crippen LogP contribution is -2.39. The molecule has 0 radical (unpaired) electrons. The van der Waals surface area contributed by atoms with Crippen LogP contribution in [0.5, 0.6) is 0 Å². The standard InChI is InChI=1S/C17H23FN2O4S/c1-13(21)20(9-6-14-2-4-15(18)5-3-14)10-7-17(22)19-16-8-11-25(23,24)12-16/h2-5,16H,6-12H2,1H3,(H,19,22). The fourth-order valence-corrected chi connectivity index (χ4v) is 4.46. The molecule has 138 valence electrons. The molecule has 1 heterocycles. The second-order valence-electron chi connectivity index (χ2n) is 6.30. The Labute approximate surface area is 147 Å². The third kappa shape index (κ3) is 6.45. The number of rotatable bonds is 7. The minimum atomic E-state index is -3.03. The predicted molar refractivity (Wildman–Crippen MR) is 92.2 cm³/mol. The fraction of sp³-hybridized carbons (Fsp3) is 0.529. The molecule has 0 spiro atoms. The maximum absolute atomic E-state index is 12.9. The Morgan fingerprint density at radius 1 is 1.24 bits per heavy atom. The molecule has 0 saturated carbocycles. The lowest BCUT2D eigenvalue weighted by molar-refractivity contribution is -0.129. The molecule has 25 heavy (non-hydrogen) atoms. The average Bonchev–Trinajstić information content (AvgIpc) is 2.87. The van der Waals surface area contributed by atoms with Crippen molar-refractivity contribution >= 4 is 21.7 Å². The van der Waals surface area contributed by atoms with E-state index in [0.717, 1.165) is 5.56 Å². The smallest absolute Gasteiger partial charge is 0.222 e. The van der Waals surface area contributed by atoms with Crippen LogP contribution < -0.4 is 5.32 Å². The zero-order valence-electron chi connectivity index (χ0n) is 14.2. The van der Waals surface area contributed by atoms with Crippen LogP contribution in [0.3, 0.4) is 0 Å². The van der Waals surface area contributed by atoms with Crippen molar-refractivity contribution in [3.8, 4) is 0 Å². The van der Waals surface area contributed by atoms with Gasteiger partial charge in [-0.2, -0.15) is 0 Å². The summed E-state index contributed by atoms with van der Waals surface area (Å²) in [7, 11) is -3.03. The van der Waals surface area contributed by atoms with E-state index in [0.29, 0.717) is 19.4 Å². The minimum absolute atomic E-state index is 0.0142. The van der Waals surface area contributed by atoms with Crippen molar-refractivity contribution in [1.82, 2.24) is 10.2 Å². The normalized spacial score (nSPS) is 18.7. The first-order valence-corrected chi connectivity index (χ1v) is 10.1. The van der Waals surface area contributed by atoms with E-state index >= 15 is 0 Å². The Morgan fingerprint density at radius 3 is 2.48 bits per heavy atom. The number of halogens is 1. The number of sulfone groups is 1. The Hall–Kier alpha value is -1.96. The van der Waals surface area contributed by atoms with Gasteiger partial charge >= 0.3 is 0 Å². The quantitative estimate of drug-likeness (QED) is 0.773. The highest BCUT2D eigenvalue weighted by molar-refractivity contribution is 7.91. The molecule has 1 aromatic carbocycles. The molecule has 0 bridgehead atoms. The van der Waals surface area contributed by atoms with E-state index in [-0.39, 0.29) is 48.1 Å². The second-order valence-corrected chi connectivity index (χ2v) is 8.53. The van der Waals surface area contributed by atoms with Crippen LogP contribution in [0.1, 0.15) is 25.3 Å². The van der Waals surface area contributed by atoms with Gasteiger partial charge in [0.25, 0.3) is 0 Å². The molecule has 2 amide bonds. The van der Waals surface area contributed by atoms with E-state index in [9.17, 15) is 22.4 Å². The molecule has 1 aromatic rings. The molecule has 8 heteroatoms. The number of amides is 2. The SMILES string of the molecule is CC(=O)N(CCC(=O)NC1CCS(=O)(=O)C1)CCc1ccc(F)cc1. The van der Waals surface area contributed by atoms with Gasteiger partial charge < -0.3 is 10.2 Å². The Morgan fingerprint density at radius 2 is 1.92 bits per heavy atom. The van der Waals surface area contributed by atoms with Crippen molar-refractivity contribution in [2.45, 2.75) is 32.2 Å². The van der Waals surface area contributed by atoms with Crippen LogP contribution in [0.4, 0.5) is 4.39 Å². The van der Waals surface area contributed by atoms with Gasteiger partial charge in [-0.3, -0.25) is 9.59 Å². The van der Waals surface area contributed by atoms with Crippen molar-refractivity contribution in [2.24, 2.45) is 0 Å². The van der Waals surface area contributed by atoms with Gasteiger partial charge in [-0.1, -0.05) is 12.1 Å². The molecule has 0 aliphatic carbocycles. The van der Waals surface area contributed by atoms with Crippen molar-refractivity contribution < 1.29 is 22.4 Å². The van der Waals surface area contributed by atoms with E-state index in [1.807, 2.05) is 0 Å². The summed E-state index contributed by atoms with van der Waals surface area (Å²) in [5.74, 6) is -0.610. The van der Waals surface area contributed by atoms with E-state index in [2.05, 4.69) is 5.32 Å². The molecule has 6 nitrogen and oxygen atoms in total. The molecule has 1 fully saturated rings. The lowest BCUT2D eigenvalue weighted by Gasteiger charge is -2.21. The summed E-state index contributed by atoms with van der Waals surface area (Å²) in [6.07, 6.45) is 1.14. The maximum Gasteiger partial charge on any atom is 0.222 e. The van der Waals surface area contributed by atoms with E-state index in [4.69, 9.17) is 0 Å². The van der Waals surface area contributed by atoms with E-state index in [1.54, 1.807) is 17.0 Å². The number of carbonyl (C=O) groups excluding carboxylic acids is 2. The molecular weight excluding hydrogens is 347 g/mol. The van der Waals surface area contributed by atoms with Crippen molar-refractivity contribution in [3.05, 3.63) is 35.6 Å². The molecule has 1 aliphatic heterocycles. The number of carbonyl (C=O) groups is 2. The molecule has 0 aromatic heterocycles. The van der Waals surface area contributed by atoms with Gasteiger partial charge in [-0.05, 0) is 30.5 Å². The highest BCUT2D eigenvalue weighted by atomic mass is 32.2. The number of hydrogen-bond donors (Lipinski definition) is 1. The van der Waals surface area contributed by atoms with Gasteiger partial charge in [0.2, 0.25) is 11.8 Å². The van der Waals surface area contributed by atoms with Crippen LogP contribution in [0.25, 0.3) is 0 Å². The van der Waals surface area contributed by atoms with Crippen LogP contribution in [-0.4, -0.2) is 55.8 Å². The van der Waals surface area contributed by atoms with Gasteiger partial charge in [0.1, 0.15) is 5.82 Å². The minimum Gasteiger partial charge on any atom is -0.352 e. The maximum atomic E-state index is 12.9. The van der Waals surface area contributed by atoms with E-state index in [1.165, 1.54) is 19.1 Å². The summed E-state index contributed by atoms with van der Waals surface area (Å²) in [6.45, 7) is 2.14. The van der Waals surface area contributed by atoms with Crippen molar-refractivity contribution in [1.29, 1.82) is 0 Å². The average molecular weight is 370 g/mol. The first kappa shape index (κ1) is 19.4. The number of nitrogens with zero attached hydrogens (tertiary/aromatic N) is 1. The van der Waals surface area contributed by atoms with Gasteiger partial charge in [0.05, 0.1) is 11.5 Å². The lowest BCUT2D eigenvalue weighted by atomic mass is 10.1. The Bertz CT molecular complexity index is 719. The summed E-state index contributed by atoms with van der Waals surface area (Å²) in [5.41, 5.74) is 0.910. The van der Waals surface area contributed by atoms with E-state index < -0.39 is 9.84 Å². The van der Waals surface area contributed by atoms with Crippen molar-refractivity contribution in [2.75, 3.05) is 24.6 Å². The number of hydrogen-bond acceptors (Lipinski definition) is 4. The van der Waals surface area contributed by atoms with Crippen LogP contribution in [0.15, 0.2) is 24.3 Å². The zero-order chi connectivity index (χ0) is 18.4. The highest BCUT2D eigenvalue weighted by Gasteiger charge is 2.28. The topological polar surface area (TPSA) is 83.6 Å². The summed E-state index contributed by atoms with van der Waals surface area (Å²) < 4.78 is 35.7. The molecule has 1 aliphatic rings. The number of benzene rings is 1. The molecule has 1 unspecified atom stereocenters. The third-order valence-corrected chi connectivity index (χ3v) is 6.00. The molecule has 1 atom stereocenters. The summed E-state index contributed by atoms with van der Waals surface area (Å²) in [5, 5.41) is 2.71. The number of nitrogens with one attached hydrogen (secondary N) is 1. The van der Waals surface area contributed by atoms with Crippen LogP contribution >= 0.6 is 0 Å². The molecule has 1 saturated heterocycles. The van der Waals surface area contributed by atoms with Gasteiger partial charge in [-0.25, -0.2) is 12.8 Å².